The van der Waals surface area contributed by atoms with Crippen LogP contribution in [0.5, 0.6) is 0 Å². The zero-order valence-corrected chi connectivity index (χ0v) is 31.6. The van der Waals surface area contributed by atoms with Gasteiger partial charge < -0.3 is 4.42 Å². The molecular formula is C54H40O. The lowest BCUT2D eigenvalue weighted by Gasteiger charge is -2.23. The Balaban J connectivity index is 1.13. The van der Waals surface area contributed by atoms with Crippen molar-refractivity contribution in [3.8, 4) is 44.5 Å². The molecular weight excluding hydrogens is 665 g/mol. The van der Waals surface area contributed by atoms with Crippen molar-refractivity contribution in [1.29, 1.82) is 0 Å². The predicted octanol–water partition coefficient (Wildman–Crippen LogP) is 15.0. The second-order valence-electron chi connectivity index (χ2n) is 16.4. The van der Waals surface area contributed by atoms with Crippen LogP contribution in [0.15, 0.2) is 174 Å². The summed E-state index contributed by atoms with van der Waals surface area (Å²) in [7, 11) is 0. The maximum atomic E-state index is 6.66. The van der Waals surface area contributed by atoms with Crippen LogP contribution in [0.2, 0.25) is 0 Å². The van der Waals surface area contributed by atoms with E-state index in [1.807, 2.05) is 0 Å². The smallest absolute Gasteiger partial charge is 0.143 e. The van der Waals surface area contributed by atoms with Crippen molar-refractivity contribution in [2.75, 3.05) is 0 Å². The summed E-state index contributed by atoms with van der Waals surface area (Å²) in [6, 6.07) is 62.7. The van der Waals surface area contributed by atoms with E-state index < -0.39 is 0 Å². The summed E-state index contributed by atoms with van der Waals surface area (Å²) in [6.07, 6.45) is 0. The summed E-state index contributed by atoms with van der Waals surface area (Å²) < 4.78 is 6.66. The average Bonchev–Trinajstić information content (AvgIpc) is 3.79. The van der Waals surface area contributed by atoms with Gasteiger partial charge in [0.1, 0.15) is 11.2 Å². The molecule has 262 valence electrons. The predicted molar refractivity (Wildman–Crippen MR) is 232 cm³/mol. The first kappa shape index (κ1) is 32.0. The van der Waals surface area contributed by atoms with Crippen LogP contribution < -0.4 is 0 Å². The number of rotatable bonds is 2. The number of hydrogen-bond donors (Lipinski definition) is 0. The van der Waals surface area contributed by atoms with Gasteiger partial charge in [0.2, 0.25) is 0 Å². The first-order valence-corrected chi connectivity index (χ1v) is 19.4. The minimum atomic E-state index is -0.208. The molecule has 0 amide bonds. The summed E-state index contributed by atoms with van der Waals surface area (Å²) in [4.78, 5) is 0. The van der Waals surface area contributed by atoms with Crippen molar-refractivity contribution >= 4 is 43.5 Å². The van der Waals surface area contributed by atoms with E-state index in [1.54, 1.807) is 0 Å². The normalized spacial score (nSPS) is 14.5. The van der Waals surface area contributed by atoms with Gasteiger partial charge >= 0.3 is 0 Å². The SMILES string of the molecule is CC1(C)c2ccccc2-c2ccc(-c3ccccccc(-c4ccc5c(c4)-c4ccc6ccc7c8ccccc8oc7c6c4C5(C)C)c4ccccc34)cc21. The van der Waals surface area contributed by atoms with E-state index in [4.69, 9.17) is 4.42 Å². The minimum absolute atomic E-state index is 0.0718. The average molecular weight is 705 g/mol. The Labute approximate surface area is 321 Å². The summed E-state index contributed by atoms with van der Waals surface area (Å²) in [5.74, 6) is 0. The fraction of sp³-hybridized carbons (Fsp3) is 0.111. The van der Waals surface area contributed by atoms with Gasteiger partial charge in [0.15, 0.2) is 0 Å². The Bertz CT molecular complexity index is 3150. The third kappa shape index (κ3) is 4.53. The van der Waals surface area contributed by atoms with Gasteiger partial charge in [0.25, 0.3) is 0 Å². The highest BCUT2D eigenvalue weighted by atomic mass is 16.3. The molecule has 0 saturated heterocycles. The summed E-state index contributed by atoms with van der Waals surface area (Å²) in [5, 5.41) is 7.22. The van der Waals surface area contributed by atoms with E-state index in [9.17, 15) is 0 Å². The maximum Gasteiger partial charge on any atom is 0.143 e. The third-order valence-corrected chi connectivity index (χ3v) is 12.7. The lowest BCUT2D eigenvalue weighted by atomic mass is 9.79. The molecule has 1 aromatic heterocycles. The quantitative estimate of drug-likeness (QED) is 0.175. The molecule has 8 aromatic carbocycles. The van der Waals surface area contributed by atoms with Crippen LogP contribution >= 0.6 is 0 Å². The van der Waals surface area contributed by atoms with Crippen molar-refractivity contribution in [3.05, 3.63) is 192 Å². The first-order valence-electron chi connectivity index (χ1n) is 19.4. The van der Waals surface area contributed by atoms with Gasteiger partial charge in [-0.1, -0.05) is 173 Å². The van der Waals surface area contributed by atoms with Gasteiger partial charge in [-0.25, -0.2) is 0 Å². The molecule has 0 N–H and O–H groups in total. The molecule has 1 heterocycles. The Morgan fingerprint density at radius 2 is 0.927 bits per heavy atom. The molecule has 0 radical (unpaired) electrons. The molecule has 2 aliphatic rings. The largest absolute Gasteiger partial charge is 0.455 e. The van der Waals surface area contributed by atoms with Crippen LogP contribution in [0, 0.1) is 0 Å². The fourth-order valence-electron chi connectivity index (χ4n) is 10.0. The Kier molecular flexibility index (Phi) is 6.72. The highest BCUT2D eigenvalue weighted by Crippen LogP contribution is 2.54. The molecule has 0 spiro atoms. The molecule has 0 atom stereocenters. The number of benzene rings is 7. The molecule has 0 bridgehead atoms. The summed E-state index contributed by atoms with van der Waals surface area (Å²) in [6.45, 7) is 9.47. The molecule has 0 saturated carbocycles. The van der Waals surface area contributed by atoms with E-state index in [0.29, 0.717) is 0 Å². The van der Waals surface area contributed by atoms with Crippen molar-refractivity contribution < 1.29 is 4.42 Å². The van der Waals surface area contributed by atoms with Gasteiger partial charge in [-0.05, 0) is 107 Å². The molecule has 55 heavy (non-hydrogen) atoms. The number of hydrogen-bond acceptors (Lipinski definition) is 1. The van der Waals surface area contributed by atoms with E-state index in [-0.39, 0.29) is 10.8 Å². The van der Waals surface area contributed by atoms with Crippen LogP contribution in [0.3, 0.4) is 0 Å². The Morgan fingerprint density at radius 1 is 0.364 bits per heavy atom. The highest BCUT2D eigenvalue weighted by Gasteiger charge is 2.38. The van der Waals surface area contributed by atoms with E-state index in [1.165, 1.54) is 99.1 Å². The monoisotopic (exact) mass is 704 g/mol. The lowest BCUT2D eigenvalue weighted by Crippen LogP contribution is -2.15. The van der Waals surface area contributed by atoms with Crippen LogP contribution in [0.25, 0.3) is 88.0 Å². The van der Waals surface area contributed by atoms with Gasteiger partial charge in [-0.3, -0.25) is 0 Å². The minimum Gasteiger partial charge on any atom is -0.455 e. The Hall–Kier alpha value is -6.44. The van der Waals surface area contributed by atoms with E-state index in [2.05, 4.69) is 198 Å². The van der Waals surface area contributed by atoms with E-state index in [0.717, 1.165) is 11.2 Å². The van der Waals surface area contributed by atoms with Crippen LogP contribution in [0.1, 0.15) is 49.9 Å². The van der Waals surface area contributed by atoms with Crippen molar-refractivity contribution in [2.24, 2.45) is 0 Å². The highest BCUT2D eigenvalue weighted by molar-refractivity contribution is 6.18. The molecule has 11 rings (SSSR count). The molecule has 0 unspecified atom stereocenters. The zero-order chi connectivity index (χ0) is 37.1. The number of furan rings is 1. The van der Waals surface area contributed by atoms with Gasteiger partial charge in [0, 0.05) is 27.0 Å². The zero-order valence-electron chi connectivity index (χ0n) is 31.6. The molecule has 1 heteroatoms. The van der Waals surface area contributed by atoms with Gasteiger partial charge in [-0.2, -0.15) is 0 Å². The molecule has 9 aromatic rings. The van der Waals surface area contributed by atoms with Gasteiger partial charge in [-0.15, -0.1) is 0 Å². The summed E-state index contributed by atoms with van der Waals surface area (Å²) in [5.41, 5.74) is 17.2. The van der Waals surface area contributed by atoms with Crippen molar-refractivity contribution in [2.45, 2.75) is 38.5 Å². The standard InChI is InChI=1S/C54H40O/c1-53(2)46-21-13-11-19-40(46)41-27-25-35(32-48(41)53)37-16-8-6-5-7-15-36(38-17-9-10-18-39(37)38)34-26-30-47-45(31-34)43-28-23-33-24-29-44-42-20-12-14-22-49(42)55-52(44)50(33)51(43)54(47,3)4/h5-32H,1-4H3. The first-order chi connectivity index (χ1) is 26.8. The topological polar surface area (TPSA) is 13.1 Å². The number of fused-ring (bicyclic) bond motifs is 13. The second kappa shape index (κ2) is 11.5. The summed E-state index contributed by atoms with van der Waals surface area (Å²) >= 11 is 0. The third-order valence-electron chi connectivity index (χ3n) is 12.7. The van der Waals surface area contributed by atoms with Crippen LogP contribution in [-0.2, 0) is 10.8 Å². The van der Waals surface area contributed by atoms with Crippen molar-refractivity contribution in [3.63, 3.8) is 0 Å². The maximum absolute atomic E-state index is 6.66. The molecule has 1 nitrogen and oxygen atoms in total. The molecule has 0 fully saturated rings. The fourth-order valence-corrected chi connectivity index (χ4v) is 10.0. The van der Waals surface area contributed by atoms with E-state index >= 15 is 0 Å². The molecule has 0 aliphatic heterocycles. The van der Waals surface area contributed by atoms with Gasteiger partial charge in [0.05, 0.1) is 0 Å². The second-order valence-corrected chi connectivity index (χ2v) is 16.4. The molecule has 2 aliphatic carbocycles. The number of para-hydroxylation sites is 1. The van der Waals surface area contributed by atoms with Crippen LogP contribution in [-0.4, -0.2) is 0 Å². The Morgan fingerprint density at radius 3 is 1.71 bits per heavy atom. The lowest BCUT2D eigenvalue weighted by molar-refractivity contribution is 0.656. The van der Waals surface area contributed by atoms with Crippen molar-refractivity contribution in [1.82, 2.24) is 0 Å². The van der Waals surface area contributed by atoms with Crippen LogP contribution in [0.4, 0.5) is 0 Å².